The zero-order valence-electron chi connectivity index (χ0n) is 10.7. The number of carboxylic acids is 1. The van der Waals surface area contributed by atoms with Crippen LogP contribution in [0.3, 0.4) is 0 Å². The highest BCUT2D eigenvalue weighted by Gasteiger charge is 2.30. The van der Waals surface area contributed by atoms with Crippen LogP contribution in [0.5, 0.6) is 0 Å². The van der Waals surface area contributed by atoms with Gasteiger partial charge in [0.05, 0.1) is 12.1 Å². The van der Waals surface area contributed by atoms with Crippen LogP contribution in [0.25, 0.3) is 0 Å². The molecular formula is C13H15F3N2O2. The molecule has 0 aliphatic carbocycles. The molecule has 1 fully saturated rings. The third-order valence-corrected chi connectivity index (χ3v) is 3.26. The highest BCUT2D eigenvalue weighted by molar-refractivity contribution is 5.69. The molecule has 7 heteroatoms. The number of carboxylic acid groups (broad SMARTS) is 1. The number of nitrogens with one attached hydrogen (secondary N) is 1. The molecule has 1 unspecified atom stereocenters. The summed E-state index contributed by atoms with van der Waals surface area (Å²) in [5.41, 5.74) is 0.0486. The van der Waals surface area contributed by atoms with Gasteiger partial charge < -0.3 is 10.4 Å². The SMILES string of the molecule is O=C(O)CN1CCNC(c2ccc(C(F)(F)F)cc2)C1. The smallest absolute Gasteiger partial charge is 0.416 e. The summed E-state index contributed by atoms with van der Waals surface area (Å²) in [5.74, 6) is -0.905. The Hall–Kier alpha value is -1.60. The molecule has 0 radical (unpaired) electrons. The van der Waals surface area contributed by atoms with Crippen LogP contribution in [0.15, 0.2) is 24.3 Å². The predicted molar refractivity (Wildman–Crippen MR) is 66.3 cm³/mol. The maximum absolute atomic E-state index is 12.5. The number of hydrogen-bond donors (Lipinski definition) is 2. The summed E-state index contributed by atoms with van der Waals surface area (Å²) in [6, 6.07) is 4.82. The summed E-state index contributed by atoms with van der Waals surface area (Å²) in [6.45, 7) is 1.64. The van der Waals surface area contributed by atoms with E-state index < -0.39 is 17.7 Å². The number of benzene rings is 1. The number of alkyl halides is 3. The first kappa shape index (κ1) is 14.8. The minimum atomic E-state index is -4.34. The lowest BCUT2D eigenvalue weighted by Crippen LogP contribution is -2.47. The molecule has 0 saturated carbocycles. The fourth-order valence-electron chi connectivity index (χ4n) is 2.27. The van der Waals surface area contributed by atoms with Crippen molar-refractivity contribution in [3.05, 3.63) is 35.4 Å². The normalized spacial score (nSPS) is 20.9. The number of rotatable bonds is 3. The predicted octanol–water partition coefficient (Wildman–Crippen LogP) is 1.74. The quantitative estimate of drug-likeness (QED) is 0.889. The van der Waals surface area contributed by atoms with Crippen molar-refractivity contribution >= 4 is 5.97 Å². The number of carbonyl (C=O) groups is 1. The molecule has 0 aromatic heterocycles. The molecule has 1 atom stereocenters. The molecule has 1 aliphatic heterocycles. The lowest BCUT2D eigenvalue weighted by molar-refractivity contribution is -0.139. The van der Waals surface area contributed by atoms with Crippen molar-refractivity contribution in [2.45, 2.75) is 12.2 Å². The summed E-state index contributed by atoms with van der Waals surface area (Å²) in [7, 11) is 0. The molecule has 1 aliphatic rings. The summed E-state index contributed by atoms with van der Waals surface area (Å²) in [5, 5.41) is 11.9. The van der Waals surface area contributed by atoms with Gasteiger partial charge in [0.25, 0.3) is 0 Å². The van der Waals surface area contributed by atoms with Crippen LogP contribution in [0.4, 0.5) is 13.2 Å². The van der Waals surface area contributed by atoms with Gasteiger partial charge in [-0.05, 0) is 17.7 Å². The topological polar surface area (TPSA) is 52.6 Å². The van der Waals surface area contributed by atoms with Crippen LogP contribution < -0.4 is 5.32 Å². The van der Waals surface area contributed by atoms with Gasteiger partial charge in [-0.2, -0.15) is 13.2 Å². The van der Waals surface area contributed by atoms with Crippen LogP contribution in [-0.4, -0.2) is 42.2 Å². The molecule has 110 valence electrons. The van der Waals surface area contributed by atoms with E-state index in [-0.39, 0.29) is 12.6 Å². The maximum atomic E-state index is 12.5. The van der Waals surface area contributed by atoms with Crippen molar-refractivity contribution in [3.63, 3.8) is 0 Å². The largest absolute Gasteiger partial charge is 0.480 e. The van der Waals surface area contributed by atoms with E-state index in [2.05, 4.69) is 5.32 Å². The van der Waals surface area contributed by atoms with E-state index in [1.807, 2.05) is 0 Å². The van der Waals surface area contributed by atoms with Crippen molar-refractivity contribution in [2.24, 2.45) is 0 Å². The summed E-state index contributed by atoms with van der Waals surface area (Å²) in [6.07, 6.45) is -4.34. The van der Waals surface area contributed by atoms with Gasteiger partial charge in [0, 0.05) is 25.7 Å². The summed E-state index contributed by atoms with van der Waals surface area (Å²) < 4.78 is 37.4. The molecular weight excluding hydrogens is 273 g/mol. The summed E-state index contributed by atoms with van der Waals surface area (Å²) >= 11 is 0. The summed E-state index contributed by atoms with van der Waals surface area (Å²) in [4.78, 5) is 12.4. The van der Waals surface area contributed by atoms with Crippen LogP contribution in [0.1, 0.15) is 17.2 Å². The molecule has 0 spiro atoms. The van der Waals surface area contributed by atoms with E-state index in [9.17, 15) is 18.0 Å². The van der Waals surface area contributed by atoms with Crippen molar-refractivity contribution in [2.75, 3.05) is 26.2 Å². The zero-order chi connectivity index (χ0) is 14.8. The van der Waals surface area contributed by atoms with Gasteiger partial charge in [0.15, 0.2) is 0 Å². The number of hydrogen-bond acceptors (Lipinski definition) is 3. The lowest BCUT2D eigenvalue weighted by atomic mass is 10.0. The first-order chi connectivity index (χ1) is 9.36. The number of halogens is 3. The third-order valence-electron chi connectivity index (χ3n) is 3.26. The Morgan fingerprint density at radius 3 is 2.55 bits per heavy atom. The van der Waals surface area contributed by atoms with E-state index in [0.717, 1.165) is 17.7 Å². The van der Waals surface area contributed by atoms with E-state index in [0.29, 0.717) is 19.6 Å². The molecule has 20 heavy (non-hydrogen) atoms. The monoisotopic (exact) mass is 288 g/mol. The Labute approximate surface area is 114 Å². The molecule has 1 heterocycles. The van der Waals surface area contributed by atoms with Crippen molar-refractivity contribution < 1.29 is 23.1 Å². The van der Waals surface area contributed by atoms with Gasteiger partial charge in [-0.15, -0.1) is 0 Å². The van der Waals surface area contributed by atoms with Gasteiger partial charge in [0.1, 0.15) is 0 Å². The molecule has 1 aromatic carbocycles. The Morgan fingerprint density at radius 2 is 2.00 bits per heavy atom. The van der Waals surface area contributed by atoms with Gasteiger partial charge >= 0.3 is 12.1 Å². The van der Waals surface area contributed by atoms with E-state index >= 15 is 0 Å². The van der Waals surface area contributed by atoms with Crippen LogP contribution in [0.2, 0.25) is 0 Å². The lowest BCUT2D eigenvalue weighted by Gasteiger charge is -2.33. The molecule has 2 N–H and O–H groups in total. The Bertz CT molecular complexity index is 473. The van der Waals surface area contributed by atoms with Gasteiger partial charge in [-0.25, -0.2) is 0 Å². The fraction of sp³-hybridized carbons (Fsp3) is 0.462. The fourth-order valence-corrected chi connectivity index (χ4v) is 2.27. The second-order valence-electron chi connectivity index (χ2n) is 4.76. The van der Waals surface area contributed by atoms with Crippen molar-refractivity contribution in [1.29, 1.82) is 0 Å². The van der Waals surface area contributed by atoms with E-state index in [1.54, 1.807) is 4.90 Å². The zero-order valence-corrected chi connectivity index (χ0v) is 10.7. The second kappa shape index (κ2) is 5.80. The van der Waals surface area contributed by atoms with Crippen LogP contribution in [-0.2, 0) is 11.0 Å². The van der Waals surface area contributed by atoms with E-state index in [4.69, 9.17) is 5.11 Å². The third kappa shape index (κ3) is 3.71. The number of nitrogens with zero attached hydrogens (tertiary/aromatic N) is 1. The first-order valence-electron chi connectivity index (χ1n) is 6.21. The molecule has 1 saturated heterocycles. The Morgan fingerprint density at radius 1 is 1.35 bits per heavy atom. The maximum Gasteiger partial charge on any atom is 0.416 e. The Balaban J connectivity index is 2.05. The second-order valence-corrected chi connectivity index (χ2v) is 4.76. The van der Waals surface area contributed by atoms with Gasteiger partial charge in [0.2, 0.25) is 0 Å². The minimum Gasteiger partial charge on any atom is -0.480 e. The van der Waals surface area contributed by atoms with Crippen molar-refractivity contribution in [1.82, 2.24) is 10.2 Å². The number of aliphatic carboxylic acids is 1. The van der Waals surface area contributed by atoms with Gasteiger partial charge in [-0.1, -0.05) is 12.1 Å². The molecule has 1 aromatic rings. The van der Waals surface area contributed by atoms with Gasteiger partial charge in [-0.3, -0.25) is 9.69 Å². The highest BCUT2D eigenvalue weighted by atomic mass is 19.4. The molecule has 0 bridgehead atoms. The average molecular weight is 288 g/mol. The Kier molecular flexibility index (Phi) is 4.29. The van der Waals surface area contributed by atoms with Crippen molar-refractivity contribution in [3.8, 4) is 0 Å². The average Bonchev–Trinajstić information content (AvgIpc) is 2.37. The van der Waals surface area contributed by atoms with Crippen LogP contribution in [0, 0.1) is 0 Å². The molecule has 2 rings (SSSR count). The highest BCUT2D eigenvalue weighted by Crippen LogP contribution is 2.30. The van der Waals surface area contributed by atoms with E-state index in [1.165, 1.54) is 12.1 Å². The van der Waals surface area contributed by atoms with Crippen LogP contribution >= 0.6 is 0 Å². The number of piperazine rings is 1. The minimum absolute atomic E-state index is 0.0567. The molecule has 0 amide bonds. The first-order valence-corrected chi connectivity index (χ1v) is 6.21. The standard InChI is InChI=1S/C13H15F3N2O2/c14-13(15,16)10-3-1-9(2-4-10)11-7-18(6-5-17-11)8-12(19)20/h1-4,11,17H,5-8H2,(H,19,20). The molecule has 4 nitrogen and oxygen atoms in total.